The average molecular weight is 301 g/mol. The van der Waals surface area contributed by atoms with Crippen LogP contribution in [0.4, 0.5) is 0 Å². The minimum Gasteiger partial charge on any atom is -0.503 e. The quantitative estimate of drug-likeness (QED) is 0.686. The maximum Gasteiger partial charge on any atom is 0.210 e. The monoisotopic (exact) mass is 300 g/mol. The van der Waals surface area contributed by atoms with Crippen molar-refractivity contribution in [2.75, 3.05) is 5.75 Å². The first kappa shape index (κ1) is 13.5. The van der Waals surface area contributed by atoms with Gasteiger partial charge >= 0.3 is 0 Å². The van der Waals surface area contributed by atoms with Crippen molar-refractivity contribution in [3.05, 3.63) is 52.8 Å². The molecule has 1 aromatic carbocycles. The van der Waals surface area contributed by atoms with Crippen molar-refractivity contribution in [1.29, 1.82) is 0 Å². The molecule has 0 fully saturated rings. The number of aromatic nitrogens is 1. The SMILES string of the molecule is Oc1ccc[n+](CCSc2cc(Cl)ccc2Cl)c1. The number of pyridine rings is 1. The Morgan fingerprint density at radius 3 is 2.83 bits per heavy atom. The Hall–Kier alpha value is -0.900. The summed E-state index contributed by atoms with van der Waals surface area (Å²) < 4.78 is 1.93. The lowest BCUT2D eigenvalue weighted by Gasteiger charge is -2.03. The zero-order valence-electron chi connectivity index (χ0n) is 9.51. The molecule has 0 aliphatic rings. The van der Waals surface area contributed by atoms with E-state index in [9.17, 15) is 5.11 Å². The minimum absolute atomic E-state index is 0.267. The molecule has 0 saturated carbocycles. The molecule has 1 N–H and O–H groups in total. The van der Waals surface area contributed by atoms with E-state index in [1.807, 2.05) is 22.9 Å². The van der Waals surface area contributed by atoms with E-state index in [0.29, 0.717) is 10.0 Å². The van der Waals surface area contributed by atoms with Gasteiger partial charge in [-0.05, 0) is 24.3 Å². The van der Waals surface area contributed by atoms with Crippen molar-refractivity contribution in [3.8, 4) is 5.75 Å². The molecule has 1 heterocycles. The van der Waals surface area contributed by atoms with Crippen LogP contribution in [0.2, 0.25) is 10.0 Å². The molecular formula is C13H12Cl2NOS+. The Morgan fingerprint density at radius 2 is 2.06 bits per heavy atom. The maximum atomic E-state index is 9.34. The predicted octanol–water partition coefficient (Wildman–Crippen LogP) is 3.78. The van der Waals surface area contributed by atoms with Gasteiger partial charge in [0.2, 0.25) is 6.20 Å². The third-order valence-electron chi connectivity index (χ3n) is 2.34. The number of halogens is 2. The minimum atomic E-state index is 0.267. The Kier molecular flexibility index (Phi) is 4.75. The fourth-order valence-electron chi connectivity index (χ4n) is 1.50. The fourth-order valence-corrected chi connectivity index (χ4v) is 2.95. The van der Waals surface area contributed by atoms with Crippen LogP contribution in [0.5, 0.6) is 5.75 Å². The first-order valence-corrected chi connectivity index (χ1v) is 7.15. The number of hydrogen-bond acceptors (Lipinski definition) is 2. The van der Waals surface area contributed by atoms with Crippen LogP contribution in [-0.4, -0.2) is 10.9 Å². The number of rotatable bonds is 4. The molecule has 2 rings (SSSR count). The summed E-state index contributed by atoms with van der Waals surface area (Å²) in [6, 6.07) is 8.90. The van der Waals surface area contributed by atoms with Gasteiger partial charge in [0.25, 0.3) is 0 Å². The standard InChI is InChI=1S/C13H11Cl2NOS/c14-10-3-4-12(15)13(8-10)18-7-6-16-5-1-2-11(17)9-16/h1-5,8-9H,6-7H2/p+1. The van der Waals surface area contributed by atoms with Crippen molar-refractivity contribution in [2.24, 2.45) is 0 Å². The van der Waals surface area contributed by atoms with Gasteiger partial charge in [0.1, 0.15) is 0 Å². The zero-order chi connectivity index (χ0) is 13.0. The van der Waals surface area contributed by atoms with Gasteiger partial charge in [0.05, 0.1) is 10.8 Å². The second-order valence-corrected chi connectivity index (χ2v) is 5.70. The highest BCUT2D eigenvalue weighted by Crippen LogP contribution is 2.29. The highest BCUT2D eigenvalue weighted by molar-refractivity contribution is 7.99. The van der Waals surface area contributed by atoms with Crippen LogP contribution in [-0.2, 0) is 6.54 Å². The van der Waals surface area contributed by atoms with E-state index in [0.717, 1.165) is 17.2 Å². The van der Waals surface area contributed by atoms with Gasteiger partial charge in [-0.1, -0.05) is 23.2 Å². The van der Waals surface area contributed by atoms with Crippen LogP contribution in [0, 0.1) is 0 Å². The van der Waals surface area contributed by atoms with Gasteiger partial charge in [0, 0.05) is 16.0 Å². The van der Waals surface area contributed by atoms with Crippen LogP contribution in [0.25, 0.3) is 0 Å². The third kappa shape index (κ3) is 3.80. The van der Waals surface area contributed by atoms with Gasteiger partial charge in [-0.3, -0.25) is 0 Å². The van der Waals surface area contributed by atoms with Crippen molar-refractivity contribution < 1.29 is 9.67 Å². The fraction of sp³-hybridized carbons (Fsp3) is 0.154. The highest BCUT2D eigenvalue weighted by atomic mass is 35.5. The van der Waals surface area contributed by atoms with Crippen LogP contribution >= 0.6 is 35.0 Å². The lowest BCUT2D eigenvalue weighted by molar-refractivity contribution is -0.692. The van der Waals surface area contributed by atoms with E-state index in [2.05, 4.69) is 0 Å². The van der Waals surface area contributed by atoms with E-state index in [-0.39, 0.29) is 5.75 Å². The zero-order valence-corrected chi connectivity index (χ0v) is 11.8. The topological polar surface area (TPSA) is 24.1 Å². The molecule has 18 heavy (non-hydrogen) atoms. The molecule has 2 nitrogen and oxygen atoms in total. The van der Waals surface area contributed by atoms with E-state index in [4.69, 9.17) is 23.2 Å². The highest BCUT2D eigenvalue weighted by Gasteiger charge is 2.05. The number of aryl methyl sites for hydroxylation is 1. The first-order valence-electron chi connectivity index (χ1n) is 5.41. The number of hydrogen-bond donors (Lipinski definition) is 1. The van der Waals surface area contributed by atoms with Crippen molar-refractivity contribution in [1.82, 2.24) is 0 Å². The van der Waals surface area contributed by atoms with E-state index >= 15 is 0 Å². The van der Waals surface area contributed by atoms with Gasteiger partial charge in [-0.25, -0.2) is 4.57 Å². The smallest absolute Gasteiger partial charge is 0.210 e. The first-order chi connectivity index (χ1) is 8.65. The predicted molar refractivity (Wildman–Crippen MR) is 75.5 cm³/mol. The summed E-state index contributed by atoms with van der Waals surface area (Å²) in [6.45, 7) is 0.794. The summed E-state index contributed by atoms with van der Waals surface area (Å²) in [4.78, 5) is 0.977. The summed E-state index contributed by atoms with van der Waals surface area (Å²) in [7, 11) is 0. The van der Waals surface area contributed by atoms with Crippen LogP contribution in [0.15, 0.2) is 47.6 Å². The summed E-state index contributed by atoms with van der Waals surface area (Å²) in [6.07, 6.45) is 3.61. The molecule has 0 amide bonds. The summed E-state index contributed by atoms with van der Waals surface area (Å²) in [5.74, 6) is 1.12. The van der Waals surface area contributed by atoms with Gasteiger partial charge in [-0.15, -0.1) is 11.8 Å². The Balaban J connectivity index is 1.94. The molecule has 0 radical (unpaired) electrons. The van der Waals surface area contributed by atoms with Gasteiger partial charge in [-0.2, -0.15) is 0 Å². The molecule has 0 aliphatic heterocycles. The molecule has 0 saturated heterocycles. The lowest BCUT2D eigenvalue weighted by atomic mass is 10.4. The maximum absolute atomic E-state index is 9.34. The van der Waals surface area contributed by atoms with Crippen LogP contribution in [0.3, 0.4) is 0 Å². The molecule has 1 aromatic heterocycles. The normalized spacial score (nSPS) is 10.6. The molecule has 0 spiro atoms. The van der Waals surface area contributed by atoms with Gasteiger partial charge in [0.15, 0.2) is 18.5 Å². The largest absolute Gasteiger partial charge is 0.503 e. The van der Waals surface area contributed by atoms with Crippen molar-refractivity contribution in [2.45, 2.75) is 11.4 Å². The number of nitrogens with zero attached hydrogens (tertiary/aromatic N) is 1. The molecule has 2 aromatic rings. The molecular weight excluding hydrogens is 289 g/mol. The van der Waals surface area contributed by atoms with E-state index in [1.165, 1.54) is 0 Å². The number of aromatic hydroxyl groups is 1. The second kappa shape index (κ2) is 6.32. The Labute approximate surface area is 120 Å². The van der Waals surface area contributed by atoms with E-state index < -0.39 is 0 Å². The van der Waals surface area contributed by atoms with E-state index in [1.54, 1.807) is 36.2 Å². The Bertz CT molecular complexity index is 548. The number of thioether (sulfide) groups is 1. The molecule has 0 atom stereocenters. The second-order valence-electron chi connectivity index (χ2n) is 3.72. The molecule has 0 bridgehead atoms. The van der Waals surface area contributed by atoms with Crippen LogP contribution < -0.4 is 4.57 Å². The molecule has 0 unspecified atom stereocenters. The van der Waals surface area contributed by atoms with Crippen LogP contribution in [0.1, 0.15) is 0 Å². The average Bonchev–Trinajstić information content (AvgIpc) is 2.34. The van der Waals surface area contributed by atoms with Crippen molar-refractivity contribution in [3.63, 3.8) is 0 Å². The molecule has 0 aliphatic carbocycles. The van der Waals surface area contributed by atoms with Gasteiger partial charge < -0.3 is 5.11 Å². The van der Waals surface area contributed by atoms with Crippen molar-refractivity contribution >= 4 is 35.0 Å². The summed E-state index contributed by atoms with van der Waals surface area (Å²) in [5.41, 5.74) is 0. The summed E-state index contributed by atoms with van der Waals surface area (Å²) >= 11 is 13.6. The number of benzene rings is 1. The molecule has 94 valence electrons. The summed E-state index contributed by atoms with van der Waals surface area (Å²) in [5, 5.41) is 10.7. The molecule has 5 heteroatoms. The third-order valence-corrected chi connectivity index (χ3v) is 4.06. The Morgan fingerprint density at radius 1 is 1.22 bits per heavy atom. The lowest BCUT2D eigenvalue weighted by Crippen LogP contribution is -2.33.